The third-order valence-electron chi connectivity index (χ3n) is 2.69. The first-order valence-corrected chi connectivity index (χ1v) is 6.30. The molecule has 0 heterocycles. The fourth-order valence-corrected chi connectivity index (χ4v) is 1.68. The summed E-state index contributed by atoms with van der Waals surface area (Å²) in [5.74, 6) is -0.644. The van der Waals surface area contributed by atoms with Gasteiger partial charge in [-0.1, -0.05) is 23.7 Å². The minimum atomic E-state index is -0.330. The normalized spacial score (nSPS) is 11.2. The van der Waals surface area contributed by atoms with Crippen LogP contribution in [0.4, 0.5) is 4.39 Å². The fraction of sp³-hybridized carbons (Fsp3) is 0.0667. The smallest absolute Gasteiger partial charge is 0.267 e. The lowest BCUT2D eigenvalue weighted by atomic mass is 10.1. The number of carbonyl (C=O) groups excluding carboxylic acids is 1. The minimum absolute atomic E-state index is 0.313. The van der Waals surface area contributed by atoms with E-state index in [1.165, 1.54) is 12.1 Å². The molecule has 1 N–H and O–H groups in total. The number of carbonyl (C=O) groups is 1. The Kier molecular flexibility index (Phi) is 4.48. The summed E-state index contributed by atoms with van der Waals surface area (Å²) in [5, 5.41) is 4.55. The maximum atomic E-state index is 12.8. The van der Waals surface area contributed by atoms with Crippen molar-refractivity contribution >= 4 is 23.2 Å². The fourth-order valence-electron chi connectivity index (χ4n) is 1.56. The van der Waals surface area contributed by atoms with Crippen LogP contribution in [0.2, 0.25) is 5.02 Å². The maximum absolute atomic E-state index is 12.8. The Morgan fingerprint density at radius 3 is 2.20 bits per heavy atom. The quantitative estimate of drug-likeness (QED) is 0.680. The van der Waals surface area contributed by atoms with E-state index in [1.54, 1.807) is 43.3 Å². The monoisotopic (exact) mass is 290 g/mol. The SMILES string of the molecule is C/C(=N\NC(=O)c1ccc(Cl)cc1)c1ccc(F)cc1. The molecule has 0 radical (unpaired) electrons. The van der Waals surface area contributed by atoms with Gasteiger partial charge in [0.15, 0.2) is 0 Å². The summed E-state index contributed by atoms with van der Waals surface area (Å²) in [7, 11) is 0. The maximum Gasteiger partial charge on any atom is 0.271 e. The highest BCUT2D eigenvalue weighted by Gasteiger charge is 2.04. The molecular formula is C15H12ClFN2O. The molecule has 0 saturated carbocycles. The minimum Gasteiger partial charge on any atom is -0.267 e. The Bertz CT molecular complexity index is 636. The standard InChI is InChI=1S/C15H12ClFN2O/c1-10(11-4-8-14(17)9-5-11)18-19-15(20)12-2-6-13(16)7-3-12/h2-9H,1H3,(H,19,20)/b18-10+. The lowest BCUT2D eigenvalue weighted by Crippen LogP contribution is -2.19. The number of rotatable bonds is 3. The second kappa shape index (κ2) is 6.30. The second-order valence-electron chi connectivity index (χ2n) is 4.15. The first kappa shape index (κ1) is 14.2. The third kappa shape index (κ3) is 3.65. The highest BCUT2D eigenvalue weighted by molar-refractivity contribution is 6.30. The summed E-state index contributed by atoms with van der Waals surface area (Å²) in [6, 6.07) is 12.4. The Morgan fingerprint density at radius 1 is 1.05 bits per heavy atom. The first-order valence-electron chi connectivity index (χ1n) is 5.92. The average molecular weight is 291 g/mol. The van der Waals surface area contributed by atoms with Crippen molar-refractivity contribution < 1.29 is 9.18 Å². The van der Waals surface area contributed by atoms with Crippen molar-refractivity contribution in [3.05, 3.63) is 70.5 Å². The highest BCUT2D eigenvalue weighted by Crippen LogP contribution is 2.09. The van der Waals surface area contributed by atoms with Crippen molar-refractivity contribution in [3.63, 3.8) is 0 Å². The van der Waals surface area contributed by atoms with Gasteiger partial charge in [0.2, 0.25) is 0 Å². The van der Waals surface area contributed by atoms with Gasteiger partial charge in [0.05, 0.1) is 5.71 Å². The molecule has 0 aromatic heterocycles. The zero-order valence-electron chi connectivity index (χ0n) is 10.7. The zero-order chi connectivity index (χ0) is 14.5. The Balaban J connectivity index is 2.06. The summed E-state index contributed by atoms with van der Waals surface area (Å²) in [5.41, 5.74) is 4.24. The van der Waals surface area contributed by atoms with Gasteiger partial charge in [0, 0.05) is 10.6 Å². The summed E-state index contributed by atoms with van der Waals surface area (Å²) >= 11 is 5.75. The van der Waals surface area contributed by atoms with E-state index in [0.29, 0.717) is 16.3 Å². The van der Waals surface area contributed by atoms with Crippen LogP contribution in [-0.4, -0.2) is 11.6 Å². The van der Waals surface area contributed by atoms with E-state index in [1.807, 2.05) is 0 Å². The van der Waals surface area contributed by atoms with Gasteiger partial charge in [-0.05, 0) is 48.9 Å². The van der Waals surface area contributed by atoms with Crippen LogP contribution in [-0.2, 0) is 0 Å². The molecule has 3 nitrogen and oxygen atoms in total. The van der Waals surface area contributed by atoms with E-state index in [-0.39, 0.29) is 11.7 Å². The number of halogens is 2. The van der Waals surface area contributed by atoms with Crippen LogP contribution in [0.1, 0.15) is 22.8 Å². The van der Waals surface area contributed by atoms with Crippen LogP contribution in [0.25, 0.3) is 0 Å². The van der Waals surface area contributed by atoms with E-state index < -0.39 is 0 Å². The van der Waals surface area contributed by atoms with E-state index in [4.69, 9.17) is 11.6 Å². The molecule has 0 fully saturated rings. The highest BCUT2D eigenvalue weighted by atomic mass is 35.5. The van der Waals surface area contributed by atoms with Crippen molar-refractivity contribution in [1.82, 2.24) is 5.43 Å². The summed E-state index contributed by atoms with van der Waals surface area (Å²) in [6.45, 7) is 1.73. The molecule has 2 aromatic rings. The van der Waals surface area contributed by atoms with Gasteiger partial charge in [-0.15, -0.1) is 0 Å². The van der Waals surface area contributed by atoms with Crippen LogP contribution in [0.5, 0.6) is 0 Å². The molecule has 0 aliphatic rings. The molecule has 0 bridgehead atoms. The van der Waals surface area contributed by atoms with E-state index in [0.717, 1.165) is 5.56 Å². The predicted molar refractivity (Wildman–Crippen MR) is 77.5 cm³/mol. The molecular weight excluding hydrogens is 279 g/mol. The number of hydrogen-bond acceptors (Lipinski definition) is 2. The van der Waals surface area contributed by atoms with E-state index in [9.17, 15) is 9.18 Å². The Labute approximate surface area is 121 Å². The zero-order valence-corrected chi connectivity index (χ0v) is 11.5. The number of hydrazone groups is 1. The molecule has 0 atom stereocenters. The molecule has 5 heteroatoms. The Hall–Kier alpha value is -2.20. The first-order chi connectivity index (χ1) is 9.56. The molecule has 2 aromatic carbocycles. The van der Waals surface area contributed by atoms with Gasteiger partial charge in [-0.2, -0.15) is 5.10 Å². The molecule has 20 heavy (non-hydrogen) atoms. The largest absolute Gasteiger partial charge is 0.271 e. The molecule has 0 unspecified atom stereocenters. The predicted octanol–water partition coefficient (Wildman–Crippen LogP) is 3.63. The number of amides is 1. The number of nitrogens with zero attached hydrogens (tertiary/aromatic N) is 1. The summed E-state index contributed by atoms with van der Waals surface area (Å²) in [4.78, 5) is 11.8. The van der Waals surface area contributed by atoms with Gasteiger partial charge >= 0.3 is 0 Å². The van der Waals surface area contributed by atoms with Crippen LogP contribution in [0.3, 0.4) is 0 Å². The van der Waals surface area contributed by atoms with Gasteiger partial charge in [0.25, 0.3) is 5.91 Å². The molecule has 0 spiro atoms. The number of nitrogens with one attached hydrogen (secondary N) is 1. The number of hydrogen-bond donors (Lipinski definition) is 1. The van der Waals surface area contributed by atoms with Gasteiger partial charge in [-0.25, -0.2) is 9.82 Å². The Morgan fingerprint density at radius 2 is 1.60 bits per heavy atom. The van der Waals surface area contributed by atoms with Crippen molar-refractivity contribution in [3.8, 4) is 0 Å². The van der Waals surface area contributed by atoms with Crippen molar-refractivity contribution in [2.75, 3.05) is 0 Å². The van der Waals surface area contributed by atoms with Crippen molar-refractivity contribution in [1.29, 1.82) is 0 Å². The lowest BCUT2D eigenvalue weighted by molar-refractivity contribution is 0.0955. The molecule has 2 rings (SSSR count). The summed E-state index contributed by atoms with van der Waals surface area (Å²) in [6.07, 6.45) is 0. The molecule has 1 amide bonds. The summed E-state index contributed by atoms with van der Waals surface area (Å²) < 4.78 is 12.8. The van der Waals surface area contributed by atoms with Crippen LogP contribution < -0.4 is 5.43 Å². The third-order valence-corrected chi connectivity index (χ3v) is 2.95. The van der Waals surface area contributed by atoms with Crippen LogP contribution in [0, 0.1) is 5.82 Å². The van der Waals surface area contributed by atoms with Gasteiger partial charge < -0.3 is 0 Å². The topological polar surface area (TPSA) is 41.5 Å². The van der Waals surface area contributed by atoms with E-state index in [2.05, 4.69) is 10.5 Å². The average Bonchev–Trinajstić information content (AvgIpc) is 2.46. The van der Waals surface area contributed by atoms with Crippen LogP contribution >= 0.6 is 11.6 Å². The molecule has 0 saturated heterocycles. The molecule has 0 aliphatic carbocycles. The van der Waals surface area contributed by atoms with Gasteiger partial charge in [0.1, 0.15) is 5.82 Å². The van der Waals surface area contributed by atoms with Gasteiger partial charge in [-0.3, -0.25) is 4.79 Å². The van der Waals surface area contributed by atoms with Crippen molar-refractivity contribution in [2.24, 2.45) is 5.10 Å². The van der Waals surface area contributed by atoms with Crippen LogP contribution in [0.15, 0.2) is 53.6 Å². The second-order valence-corrected chi connectivity index (χ2v) is 4.59. The van der Waals surface area contributed by atoms with Crippen molar-refractivity contribution in [2.45, 2.75) is 6.92 Å². The number of benzene rings is 2. The van der Waals surface area contributed by atoms with E-state index >= 15 is 0 Å². The molecule has 0 aliphatic heterocycles. The molecule has 102 valence electrons. The lowest BCUT2D eigenvalue weighted by Gasteiger charge is -2.03.